The Morgan fingerprint density at radius 1 is 1.22 bits per heavy atom. The van der Waals surface area contributed by atoms with Gasteiger partial charge in [-0.1, -0.05) is 25.1 Å². The number of amidine groups is 1. The van der Waals surface area contributed by atoms with Crippen LogP contribution in [0, 0.1) is 17.7 Å². The minimum Gasteiger partial charge on any atom is -0.494 e. The molecule has 192 valence electrons. The van der Waals surface area contributed by atoms with Crippen molar-refractivity contribution in [3.8, 4) is 5.75 Å². The molecule has 1 saturated heterocycles. The number of likely N-dealkylation sites (tertiary alicyclic amines) is 1. The van der Waals surface area contributed by atoms with E-state index in [1.807, 2.05) is 43.3 Å². The first-order valence-corrected chi connectivity index (χ1v) is 13.0. The number of fused-ring (bicyclic) bond motifs is 1. The average molecular weight is 512 g/mol. The number of hydrogen-bond acceptors (Lipinski definition) is 6. The number of aryl methyl sites for hydroxylation is 1. The maximum Gasteiger partial charge on any atom is 0.243 e. The number of rotatable bonds is 11. The molecule has 3 atom stereocenters. The molecule has 1 aromatic carbocycles. The molecule has 2 aliphatic rings. The Bertz CT molecular complexity index is 1150. The number of hydrogen-bond donors (Lipinski definition) is 4. The number of carbonyl (C=O) groups excluding carboxylic acids is 3. The van der Waals surface area contributed by atoms with Gasteiger partial charge in [-0.3, -0.25) is 19.8 Å². The average Bonchev–Trinajstić information content (AvgIpc) is 3.19. The number of nitrogen functional groups attached to an aromatic ring is 1. The van der Waals surface area contributed by atoms with Crippen LogP contribution >= 0.6 is 11.3 Å². The topological polar surface area (TPSA) is 138 Å². The van der Waals surface area contributed by atoms with Crippen LogP contribution in [-0.4, -0.2) is 53.7 Å². The van der Waals surface area contributed by atoms with Crippen LogP contribution in [0.2, 0.25) is 0 Å². The molecule has 3 amide bonds. The summed E-state index contributed by atoms with van der Waals surface area (Å²) in [6.45, 7) is 4.60. The highest BCUT2D eigenvalue weighted by Gasteiger charge is 2.64. The molecule has 0 radical (unpaired) electrons. The number of nitrogens with zero attached hydrogens (tertiary/aromatic N) is 1. The van der Waals surface area contributed by atoms with Crippen LogP contribution in [0.1, 0.15) is 47.9 Å². The van der Waals surface area contributed by atoms with E-state index in [0.29, 0.717) is 31.6 Å². The molecule has 0 bridgehead atoms. The zero-order chi connectivity index (χ0) is 25.9. The fraction of sp³-hybridized carbons (Fsp3) is 0.462. The van der Waals surface area contributed by atoms with Crippen LogP contribution in [0.3, 0.4) is 0 Å². The predicted octanol–water partition coefficient (Wildman–Crippen LogP) is 2.31. The van der Waals surface area contributed by atoms with Gasteiger partial charge < -0.3 is 26.0 Å². The first-order valence-electron chi connectivity index (χ1n) is 12.1. The van der Waals surface area contributed by atoms with Crippen molar-refractivity contribution in [3.05, 3.63) is 51.7 Å². The van der Waals surface area contributed by atoms with Gasteiger partial charge in [-0.2, -0.15) is 0 Å². The lowest BCUT2D eigenvalue weighted by Crippen LogP contribution is -2.50. The zero-order valence-corrected chi connectivity index (χ0v) is 21.5. The Balaban J connectivity index is 1.24. The molecule has 1 saturated carbocycles. The number of thiophene rings is 1. The van der Waals surface area contributed by atoms with Crippen molar-refractivity contribution in [2.75, 3.05) is 13.2 Å². The van der Waals surface area contributed by atoms with Crippen molar-refractivity contribution in [2.24, 2.45) is 11.1 Å². The molecular formula is C26H33N5O4S. The molecular weight excluding hydrogens is 478 g/mol. The van der Waals surface area contributed by atoms with E-state index in [0.717, 1.165) is 21.9 Å². The molecule has 36 heavy (non-hydrogen) atoms. The minimum absolute atomic E-state index is 0.00710. The number of nitrogens with two attached hydrogens (primary N) is 1. The number of ether oxygens (including phenoxy) is 1. The third kappa shape index (κ3) is 5.87. The third-order valence-electron chi connectivity index (χ3n) is 6.92. The Morgan fingerprint density at radius 2 is 1.97 bits per heavy atom. The first kappa shape index (κ1) is 25.7. The summed E-state index contributed by atoms with van der Waals surface area (Å²) in [4.78, 5) is 41.8. The number of amides is 3. The molecule has 1 aliphatic heterocycles. The molecule has 10 heteroatoms. The maximum atomic E-state index is 13.0. The summed E-state index contributed by atoms with van der Waals surface area (Å²) in [5.41, 5.74) is 6.23. The van der Waals surface area contributed by atoms with E-state index >= 15 is 0 Å². The van der Waals surface area contributed by atoms with Crippen LogP contribution in [0.5, 0.6) is 5.75 Å². The van der Waals surface area contributed by atoms with E-state index in [4.69, 9.17) is 15.9 Å². The van der Waals surface area contributed by atoms with Gasteiger partial charge in [0.2, 0.25) is 17.7 Å². The summed E-state index contributed by atoms with van der Waals surface area (Å²) in [7, 11) is 0. The van der Waals surface area contributed by atoms with Crippen molar-refractivity contribution in [1.29, 1.82) is 5.41 Å². The van der Waals surface area contributed by atoms with Gasteiger partial charge in [0.15, 0.2) is 0 Å². The standard InChI is InChI=1S/C26H33N5O4S/c1-16-19(24(27)28)11-18(36-16)14-30-25(34)20-12-26(2)13-21(26)31(20)23(33)15-29-22(32)9-6-10-35-17-7-4-3-5-8-17/h3-5,7-8,11,20-21H,6,9-10,12-15H2,1-2H3,(H3,27,28)(H,29,32)(H,30,34)/t20-,21-,26+/m0/s1. The van der Waals surface area contributed by atoms with Crippen molar-refractivity contribution in [2.45, 2.75) is 58.2 Å². The lowest BCUT2D eigenvalue weighted by molar-refractivity contribution is -0.140. The van der Waals surface area contributed by atoms with E-state index < -0.39 is 6.04 Å². The van der Waals surface area contributed by atoms with Gasteiger partial charge in [-0.25, -0.2) is 0 Å². The monoisotopic (exact) mass is 511 g/mol. The van der Waals surface area contributed by atoms with E-state index in [2.05, 4.69) is 17.6 Å². The van der Waals surface area contributed by atoms with Crippen LogP contribution in [0.25, 0.3) is 0 Å². The number of para-hydroxylation sites is 1. The molecule has 1 aromatic heterocycles. The zero-order valence-electron chi connectivity index (χ0n) is 20.6. The van der Waals surface area contributed by atoms with Crippen LogP contribution in [-0.2, 0) is 20.9 Å². The second-order valence-electron chi connectivity index (χ2n) is 9.75. The molecule has 2 heterocycles. The van der Waals surface area contributed by atoms with Gasteiger partial charge in [0.25, 0.3) is 0 Å². The molecule has 2 fully saturated rings. The van der Waals surface area contributed by atoms with Gasteiger partial charge in [0.05, 0.1) is 19.7 Å². The molecule has 9 nitrogen and oxygen atoms in total. The SMILES string of the molecule is Cc1sc(CNC(=O)[C@@H]2C[C@]3(C)C[C@@H]3N2C(=O)CNC(=O)CCCOc2ccccc2)cc1C(=N)N. The summed E-state index contributed by atoms with van der Waals surface area (Å²) in [6.07, 6.45) is 2.28. The van der Waals surface area contributed by atoms with Crippen LogP contribution in [0.15, 0.2) is 36.4 Å². The molecule has 0 spiro atoms. The Labute approximate surface area is 214 Å². The summed E-state index contributed by atoms with van der Waals surface area (Å²) < 4.78 is 5.59. The second kappa shape index (κ2) is 10.7. The van der Waals surface area contributed by atoms with Gasteiger partial charge in [0, 0.05) is 27.8 Å². The highest BCUT2D eigenvalue weighted by molar-refractivity contribution is 7.12. The van der Waals surface area contributed by atoms with Gasteiger partial charge in [0.1, 0.15) is 17.6 Å². The quantitative estimate of drug-likeness (QED) is 0.208. The molecule has 5 N–H and O–H groups in total. The summed E-state index contributed by atoms with van der Waals surface area (Å²) in [5, 5.41) is 13.3. The lowest BCUT2D eigenvalue weighted by atomic mass is 10.0. The summed E-state index contributed by atoms with van der Waals surface area (Å²) >= 11 is 1.49. The van der Waals surface area contributed by atoms with Crippen molar-refractivity contribution in [3.63, 3.8) is 0 Å². The predicted molar refractivity (Wildman–Crippen MR) is 138 cm³/mol. The van der Waals surface area contributed by atoms with E-state index in [1.54, 1.807) is 4.90 Å². The maximum absolute atomic E-state index is 13.0. The van der Waals surface area contributed by atoms with Gasteiger partial charge in [-0.05, 0) is 49.8 Å². The fourth-order valence-electron chi connectivity index (χ4n) is 4.84. The Hall–Kier alpha value is -3.40. The smallest absolute Gasteiger partial charge is 0.243 e. The van der Waals surface area contributed by atoms with Crippen molar-refractivity contribution in [1.82, 2.24) is 15.5 Å². The summed E-state index contributed by atoms with van der Waals surface area (Å²) in [6, 6.07) is 10.7. The highest BCUT2D eigenvalue weighted by atomic mass is 32.1. The number of nitrogens with one attached hydrogen (secondary N) is 3. The van der Waals surface area contributed by atoms with Gasteiger partial charge in [-0.15, -0.1) is 11.3 Å². The largest absolute Gasteiger partial charge is 0.494 e. The summed E-state index contributed by atoms with van der Waals surface area (Å²) in [5.74, 6) is 0.117. The van der Waals surface area contributed by atoms with Crippen molar-refractivity contribution < 1.29 is 19.1 Å². The Morgan fingerprint density at radius 3 is 2.67 bits per heavy atom. The molecule has 4 rings (SSSR count). The van der Waals surface area contributed by atoms with E-state index in [1.165, 1.54) is 11.3 Å². The first-order chi connectivity index (χ1) is 17.2. The third-order valence-corrected chi connectivity index (χ3v) is 7.97. The normalized spacial score (nSPS) is 22.0. The van der Waals surface area contributed by atoms with Crippen LogP contribution in [0.4, 0.5) is 0 Å². The van der Waals surface area contributed by atoms with E-state index in [-0.39, 0.29) is 48.0 Å². The number of carbonyl (C=O) groups is 3. The van der Waals surface area contributed by atoms with Crippen molar-refractivity contribution >= 4 is 34.9 Å². The second-order valence-corrected chi connectivity index (χ2v) is 11.1. The number of piperidine rings is 1. The van der Waals surface area contributed by atoms with Gasteiger partial charge >= 0.3 is 0 Å². The molecule has 0 unspecified atom stereocenters. The fourth-order valence-corrected chi connectivity index (χ4v) is 5.84. The molecule has 1 aliphatic carbocycles. The lowest BCUT2D eigenvalue weighted by Gasteiger charge is -2.27. The minimum atomic E-state index is -0.550. The highest BCUT2D eigenvalue weighted by Crippen LogP contribution is 2.59. The van der Waals surface area contributed by atoms with E-state index in [9.17, 15) is 14.4 Å². The molecule has 2 aromatic rings. The van der Waals surface area contributed by atoms with Crippen LogP contribution < -0.4 is 21.1 Å². The Kier molecular flexibility index (Phi) is 7.63. The number of benzene rings is 1.